The average molecular weight is 235 g/mol. The molecule has 2 unspecified atom stereocenters. The largest absolute Gasteiger partial charge is 0.461 e. The van der Waals surface area contributed by atoms with Gasteiger partial charge in [0.05, 0.1) is 18.1 Å². The lowest BCUT2D eigenvalue weighted by Crippen LogP contribution is -2.40. The summed E-state index contributed by atoms with van der Waals surface area (Å²) in [6.45, 7) is 3.51. The molecule has 3 rings (SSSR count). The van der Waals surface area contributed by atoms with Crippen LogP contribution in [-0.2, 0) is 4.74 Å². The van der Waals surface area contributed by atoms with Crippen molar-refractivity contribution < 1.29 is 13.5 Å². The van der Waals surface area contributed by atoms with Crippen LogP contribution in [-0.4, -0.2) is 19.2 Å². The molecule has 1 fully saturated rings. The highest BCUT2D eigenvalue weighted by atomic mass is 19.1. The van der Waals surface area contributed by atoms with Gasteiger partial charge in [-0.3, -0.25) is 0 Å². The predicted molar refractivity (Wildman–Crippen MR) is 62.3 cm³/mol. The van der Waals surface area contributed by atoms with Crippen molar-refractivity contribution >= 4 is 11.0 Å². The van der Waals surface area contributed by atoms with Crippen LogP contribution in [0.5, 0.6) is 0 Å². The zero-order valence-corrected chi connectivity index (χ0v) is 9.57. The van der Waals surface area contributed by atoms with Gasteiger partial charge in [-0.25, -0.2) is 4.39 Å². The van der Waals surface area contributed by atoms with E-state index < -0.39 is 0 Å². The lowest BCUT2D eigenvalue weighted by molar-refractivity contribution is 0.00702. The maximum atomic E-state index is 13.4. The van der Waals surface area contributed by atoms with Crippen LogP contribution in [0.1, 0.15) is 18.6 Å². The Hall–Kier alpha value is -1.39. The highest BCUT2D eigenvalue weighted by Gasteiger charge is 2.20. The molecule has 1 aliphatic heterocycles. The van der Waals surface area contributed by atoms with Crippen LogP contribution in [0.2, 0.25) is 0 Å². The molecule has 2 aromatic rings. The van der Waals surface area contributed by atoms with Crippen molar-refractivity contribution in [1.82, 2.24) is 5.32 Å². The first kappa shape index (κ1) is 10.7. The van der Waals surface area contributed by atoms with Crippen molar-refractivity contribution in [3.63, 3.8) is 0 Å². The number of fused-ring (bicyclic) bond motifs is 1. The Labute approximate surface area is 98.6 Å². The summed E-state index contributed by atoms with van der Waals surface area (Å²) in [4.78, 5) is 0. The van der Waals surface area contributed by atoms with E-state index in [2.05, 4.69) is 12.2 Å². The predicted octanol–water partition coefficient (Wildman–Crippen LogP) is 2.62. The van der Waals surface area contributed by atoms with Gasteiger partial charge in [-0.2, -0.15) is 0 Å². The first-order valence-electron chi connectivity index (χ1n) is 5.75. The summed E-state index contributed by atoms with van der Waals surface area (Å²) in [7, 11) is 0. The fraction of sp³-hybridized carbons (Fsp3) is 0.385. The third kappa shape index (κ3) is 1.94. The van der Waals surface area contributed by atoms with Gasteiger partial charge in [0.15, 0.2) is 5.82 Å². The molecule has 1 aromatic heterocycles. The molecule has 2 atom stereocenters. The molecule has 1 saturated heterocycles. The van der Waals surface area contributed by atoms with Gasteiger partial charge in [-0.05, 0) is 24.6 Å². The van der Waals surface area contributed by atoms with E-state index in [0.29, 0.717) is 23.6 Å². The Morgan fingerprint density at radius 2 is 2.29 bits per heavy atom. The third-order valence-electron chi connectivity index (χ3n) is 3.12. The summed E-state index contributed by atoms with van der Waals surface area (Å²) in [5.74, 6) is -0.320. The highest BCUT2D eigenvalue weighted by Crippen LogP contribution is 2.26. The zero-order valence-electron chi connectivity index (χ0n) is 9.57. The molecule has 4 heteroatoms. The molecule has 3 nitrogen and oxygen atoms in total. The number of nitrogens with one attached hydrogen (secondary N) is 1. The lowest BCUT2D eigenvalue weighted by atomic mass is 10.1. The normalized spacial score (nSPS) is 25.3. The van der Waals surface area contributed by atoms with Gasteiger partial charge in [0.25, 0.3) is 0 Å². The van der Waals surface area contributed by atoms with E-state index in [9.17, 15) is 4.39 Å². The molecule has 1 aromatic carbocycles. The van der Waals surface area contributed by atoms with E-state index in [1.807, 2.05) is 6.07 Å². The molecule has 0 aliphatic carbocycles. The quantitative estimate of drug-likeness (QED) is 0.825. The summed E-state index contributed by atoms with van der Waals surface area (Å²) < 4.78 is 24.2. The first-order chi connectivity index (χ1) is 8.24. The number of hydrogen-bond donors (Lipinski definition) is 1. The molecule has 0 amide bonds. The van der Waals surface area contributed by atoms with Gasteiger partial charge in [0.1, 0.15) is 11.8 Å². The fourth-order valence-electron chi connectivity index (χ4n) is 2.12. The van der Waals surface area contributed by atoms with Gasteiger partial charge in [-0.1, -0.05) is 6.07 Å². The van der Waals surface area contributed by atoms with Crippen molar-refractivity contribution in [2.24, 2.45) is 0 Å². The number of ether oxygens (including phenoxy) is 1. The fourth-order valence-corrected chi connectivity index (χ4v) is 2.12. The monoisotopic (exact) mass is 235 g/mol. The smallest absolute Gasteiger partial charge is 0.169 e. The summed E-state index contributed by atoms with van der Waals surface area (Å²) in [5, 5.41) is 3.86. The number of benzene rings is 1. The molecule has 0 radical (unpaired) electrons. The summed E-state index contributed by atoms with van der Waals surface area (Å²) in [6.07, 6.45) is 1.13. The maximum absolute atomic E-state index is 13.4. The first-order valence-corrected chi connectivity index (χ1v) is 5.75. The number of furan rings is 1. The summed E-state index contributed by atoms with van der Waals surface area (Å²) in [5.41, 5.74) is 1.56. The van der Waals surface area contributed by atoms with Crippen molar-refractivity contribution in [2.45, 2.75) is 19.1 Å². The highest BCUT2D eigenvalue weighted by molar-refractivity contribution is 5.78. The van der Waals surface area contributed by atoms with Gasteiger partial charge < -0.3 is 14.5 Å². The van der Waals surface area contributed by atoms with Crippen molar-refractivity contribution in [3.8, 4) is 0 Å². The van der Waals surface area contributed by atoms with E-state index >= 15 is 0 Å². The number of morpholine rings is 1. The van der Waals surface area contributed by atoms with Crippen molar-refractivity contribution in [3.05, 3.63) is 35.8 Å². The van der Waals surface area contributed by atoms with Crippen LogP contribution in [0.25, 0.3) is 11.0 Å². The molecular weight excluding hydrogens is 221 g/mol. The van der Waals surface area contributed by atoms with E-state index in [-0.39, 0.29) is 11.9 Å². The Morgan fingerprint density at radius 3 is 3.06 bits per heavy atom. The second-order valence-electron chi connectivity index (χ2n) is 4.47. The van der Waals surface area contributed by atoms with Crippen LogP contribution in [0.3, 0.4) is 0 Å². The molecule has 1 aliphatic rings. The van der Waals surface area contributed by atoms with Crippen LogP contribution in [0.4, 0.5) is 4.39 Å². The van der Waals surface area contributed by atoms with Crippen LogP contribution in [0.15, 0.2) is 28.9 Å². The van der Waals surface area contributed by atoms with E-state index in [1.165, 1.54) is 0 Å². The second-order valence-corrected chi connectivity index (χ2v) is 4.47. The van der Waals surface area contributed by atoms with E-state index in [4.69, 9.17) is 9.15 Å². The van der Waals surface area contributed by atoms with Gasteiger partial charge >= 0.3 is 0 Å². The van der Waals surface area contributed by atoms with Gasteiger partial charge in [0.2, 0.25) is 0 Å². The summed E-state index contributed by atoms with van der Waals surface area (Å²) in [6, 6.07) is 5.89. The minimum atomic E-state index is -0.320. The average Bonchev–Trinajstić information content (AvgIpc) is 2.72. The zero-order chi connectivity index (χ0) is 11.8. The van der Waals surface area contributed by atoms with Gasteiger partial charge in [0, 0.05) is 12.6 Å². The Morgan fingerprint density at radius 1 is 1.41 bits per heavy atom. The van der Waals surface area contributed by atoms with E-state index in [1.54, 1.807) is 12.1 Å². The number of hydrogen-bond acceptors (Lipinski definition) is 3. The molecule has 0 spiro atoms. The van der Waals surface area contributed by atoms with Crippen LogP contribution < -0.4 is 5.32 Å². The summed E-state index contributed by atoms with van der Waals surface area (Å²) >= 11 is 0. The molecule has 90 valence electrons. The Bertz CT molecular complexity index is 529. The minimum absolute atomic E-state index is 0.00935. The Kier molecular flexibility index (Phi) is 2.61. The van der Waals surface area contributed by atoms with Crippen LogP contribution >= 0.6 is 0 Å². The van der Waals surface area contributed by atoms with Crippen molar-refractivity contribution in [2.75, 3.05) is 13.2 Å². The molecule has 1 N–H and O–H groups in total. The molecule has 0 bridgehead atoms. The van der Waals surface area contributed by atoms with Crippen molar-refractivity contribution in [1.29, 1.82) is 0 Å². The molecular formula is C13H14FNO2. The maximum Gasteiger partial charge on any atom is 0.169 e. The molecule has 0 saturated carbocycles. The van der Waals surface area contributed by atoms with Crippen LogP contribution in [0, 0.1) is 5.82 Å². The second kappa shape index (κ2) is 4.13. The standard InChI is InChI=1S/C13H14FNO2/c1-8-6-16-13(5-15-8)9-2-3-12-10(4-9)11(14)7-17-12/h2-4,7-8,13,15H,5-6H2,1H3. The SMILES string of the molecule is CC1COC(c2ccc3occ(F)c3c2)CN1. The lowest BCUT2D eigenvalue weighted by Gasteiger charge is -2.28. The number of halogens is 1. The third-order valence-corrected chi connectivity index (χ3v) is 3.12. The van der Waals surface area contributed by atoms with E-state index in [0.717, 1.165) is 18.4 Å². The molecule has 17 heavy (non-hydrogen) atoms. The topological polar surface area (TPSA) is 34.4 Å². The molecule has 2 heterocycles. The Balaban J connectivity index is 1.92. The minimum Gasteiger partial charge on any atom is -0.461 e. The number of rotatable bonds is 1. The van der Waals surface area contributed by atoms with Gasteiger partial charge in [-0.15, -0.1) is 0 Å².